The van der Waals surface area contributed by atoms with Gasteiger partial charge < -0.3 is 10.1 Å². The quantitative estimate of drug-likeness (QED) is 0.660. The number of anilines is 2. The van der Waals surface area contributed by atoms with Crippen molar-refractivity contribution in [3.8, 4) is 0 Å². The number of ether oxygens (including phenoxy) is 1. The number of nitrogens with zero attached hydrogens (tertiary/aromatic N) is 3. The summed E-state index contributed by atoms with van der Waals surface area (Å²) in [5.74, 6) is 0.489. The molecule has 1 aliphatic rings. The minimum Gasteiger partial charge on any atom is -0.384 e. The average Bonchev–Trinajstić information content (AvgIpc) is 2.41. The molecule has 0 aliphatic carbocycles. The minimum atomic E-state index is -0.00526. The van der Waals surface area contributed by atoms with E-state index in [2.05, 4.69) is 15.3 Å². The van der Waals surface area contributed by atoms with Gasteiger partial charge in [-0.2, -0.15) is 4.98 Å². The third kappa shape index (κ3) is 2.70. The first-order valence-electron chi connectivity index (χ1n) is 5.78. The molecule has 7 heteroatoms. The monoisotopic (exact) mass is 270 g/mol. The molecule has 0 spiro atoms. The molecule has 2 rings (SSSR count). The molecule has 1 unspecified atom stereocenters. The Bertz CT molecular complexity index is 424. The fourth-order valence-electron chi connectivity index (χ4n) is 1.98. The van der Waals surface area contributed by atoms with Crippen LogP contribution in [0.3, 0.4) is 0 Å². The van der Waals surface area contributed by atoms with Crippen molar-refractivity contribution in [1.82, 2.24) is 9.97 Å². The van der Waals surface area contributed by atoms with Crippen LogP contribution in [0.15, 0.2) is 6.20 Å². The molecule has 0 radical (unpaired) electrons. The van der Waals surface area contributed by atoms with Gasteiger partial charge in [-0.3, -0.25) is 9.69 Å². The molecule has 1 aromatic heterocycles. The van der Waals surface area contributed by atoms with Crippen molar-refractivity contribution in [2.75, 3.05) is 30.5 Å². The van der Waals surface area contributed by atoms with Crippen LogP contribution in [0, 0.1) is 0 Å². The maximum Gasteiger partial charge on any atom is 0.224 e. The number of amides is 1. The van der Waals surface area contributed by atoms with Crippen LogP contribution in [0.25, 0.3) is 0 Å². The normalized spacial score (nSPS) is 19.3. The summed E-state index contributed by atoms with van der Waals surface area (Å²) >= 11 is 5.79. The molecule has 1 fully saturated rings. The second-order valence-corrected chi connectivity index (χ2v) is 4.35. The first-order valence-corrected chi connectivity index (χ1v) is 6.15. The fourth-order valence-corrected chi connectivity index (χ4v) is 2.11. The predicted molar refractivity (Wildman–Crippen MR) is 69.0 cm³/mol. The molecule has 98 valence electrons. The van der Waals surface area contributed by atoms with Gasteiger partial charge in [0.1, 0.15) is 0 Å². The smallest absolute Gasteiger partial charge is 0.224 e. The third-order valence-electron chi connectivity index (χ3n) is 2.90. The van der Waals surface area contributed by atoms with Crippen LogP contribution in [0.2, 0.25) is 5.28 Å². The molecule has 1 N–H and O–H groups in total. The molecule has 18 heavy (non-hydrogen) atoms. The maximum atomic E-state index is 11.3. The summed E-state index contributed by atoms with van der Waals surface area (Å²) in [5.41, 5.74) is 0.664. The summed E-state index contributed by atoms with van der Waals surface area (Å²) < 4.78 is 5.39. The first-order chi connectivity index (χ1) is 8.76. The summed E-state index contributed by atoms with van der Waals surface area (Å²) in [4.78, 5) is 20.9. The molecular weight excluding hydrogens is 256 g/mol. The highest BCUT2D eigenvalue weighted by Gasteiger charge is 2.25. The van der Waals surface area contributed by atoms with E-state index in [1.807, 2.05) is 0 Å². The zero-order chi connectivity index (χ0) is 13.0. The number of halogens is 1. The van der Waals surface area contributed by atoms with Gasteiger partial charge in [-0.25, -0.2) is 4.98 Å². The summed E-state index contributed by atoms with van der Waals surface area (Å²) in [6.45, 7) is 1.26. The fraction of sp³-hybridized carbons (Fsp3) is 0.545. The lowest BCUT2D eigenvalue weighted by Crippen LogP contribution is -2.41. The topological polar surface area (TPSA) is 67.4 Å². The summed E-state index contributed by atoms with van der Waals surface area (Å²) in [6, 6.07) is -0.00526. The molecule has 0 bridgehead atoms. The lowest BCUT2D eigenvalue weighted by atomic mass is 10.1. The van der Waals surface area contributed by atoms with E-state index in [1.165, 1.54) is 0 Å². The van der Waals surface area contributed by atoms with Crippen LogP contribution < -0.4 is 10.2 Å². The second-order valence-electron chi connectivity index (χ2n) is 4.01. The Morgan fingerprint density at radius 3 is 3.11 bits per heavy atom. The van der Waals surface area contributed by atoms with E-state index in [9.17, 15) is 4.79 Å². The molecule has 1 aromatic rings. The Morgan fingerprint density at radius 2 is 2.50 bits per heavy atom. The highest BCUT2D eigenvalue weighted by Crippen LogP contribution is 2.26. The number of hydrogen-bond acceptors (Lipinski definition) is 5. The lowest BCUT2D eigenvalue weighted by Gasteiger charge is -2.31. The van der Waals surface area contributed by atoms with Crippen molar-refractivity contribution in [3.63, 3.8) is 0 Å². The standard InChI is InChI=1S/C11H15ClN4O2/c1-13-9-5-14-11(12)15-10(9)16(7-17)8-3-2-4-18-6-8/h5,7-8,13H,2-4,6H2,1H3. The number of nitrogens with one attached hydrogen (secondary N) is 1. The molecule has 0 aromatic carbocycles. The van der Waals surface area contributed by atoms with Gasteiger partial charge in [0, 0.05) is 13.7 Å². The highest BCUT2D eigenvalue weighted by atomic mass is 35.5. The van der Waals surface area contributed by atoms with E-state index in [1.54, 1.807) is 18.1 Å². The molecule has 0 saturated carbocycles. The SMILES string of the molecule is CNc1cnc(Cl)nc1N(C=O)C1CCCOC1. The predicted octanol–water partition coefficient (Wildman–Crippen LogP) is 1.31. The van der Waals surface area contributed by atoms with Gasteiger partial charge in [0.15, 0.2) is 5.82 Å². The van der Waals surface area contributed by atoms with Gasteiger partial charge in [0.2, 0.25) is 11.7 Å². The average molecular weight is 271 g/mol. The Kier molecular flexibility index (Phi) is 4.33. The number of carbonyl (C=O) groups excluding carboxylic acids is 1. The van der Waals surface area contributed by atoms with E-state index < -0.39 is 0 Å². The van der Waals surface area contributed by atoms with Gasteiger partial charge >= 0.3 is 0 Å². The van der Waals surface area contributed by atoms with Crippen LogP contribution in [0.1, 0.15) is 12.8 Å². The van der Waals surface area contributed by atoms with E-state index in [0.717, 1.165) is 25.9 Å². The van der Waals surface area contributed by atoms with Crippen LogP contribution in [0.5, 0.6) is 0 Å². The Hall–Kier alpha value is -1.40. The van der Waals surface area contributed by atoms with Crippen molar-refractivity contribution in [2.45, 2.75) is 18.9 Å². The number of hydrogen-bond donors (Lipinski definition) is 1. The summed E-state index contributed by atoms with van der Waals surface area (Å²) in [7, 11) is 1.75. The van der Waals surface area contributed by atoms with Gasteiger partial charge in [-0.05, 0) is 24.4 Å². The van der Waals surface area contributed by atoms with E-state index in [4.69, 9.17) is 16.3 Å². The molecule has 2 heterocycles. The highest BCUT2D eigenvalue weighted by molar-refractivity contribution is 6.28. The number of carbonyl (C=O) groups is 1. The van der Waals surface area contributed by atoms with Gasteiger partial charge in [-0.15, -0.1) is 0 Å². The van der Waals surface area contributed by atoms with Crippen molar-refractivity contribution in [2.24, 2.45) is 0 Å². The van der Waals surface area contributed by atoms with Crippen molar-refractivity contribution in [1.29, 1.82) is 0 Å². The van der Waals surface area contributed by atoms with E-state index in [-0.39, 0.29) is 11.3 Å². The zero-order valence-electron chi connectivity index (χ0n) is 10.1. The minimum absolute atomic E-state index is 0.00526. The zero-order valence-corrected chi connectivity index (χ0v) is 10.9. The van der Waals surface area contributed by atoms with Gasteiger partial charge in [0.05, 0.1) is 24.5 Å². The molecule has 1 amide bonds. The third-order valence-corrected chi connectivity index (χ3v) is 3.08. The molecular formula is C11H15ClN4O2. The van der Waals surface area contributed by atoms with Crippen LogP contribution in [-0.2, 0) is 9.53 Å². The molecule has 1 saturated heterocycles. The number of aromatic nitrogens is 2. The van der Waals surface area contributed by atoms with Crippen LogP contribution in [-0.4, -0.2) is 42.7 Å². The van der Waals surface area contributed by atoms with Gasteiger partial charge in [-0.1, -0.05) is 0 Å². The number of rotatable bonds is 4. The maximum absolute atomic E-state index is 11.3. The van der Waals surface area contributed by atoms with Gasteiger partial charge in [0.25, 0.3) is 0 Å². The van der Waals surface area contributed by atoms with E-state index >= 15 is 0 Å². The van der Waals surface area contributed by atoms with Crippen LogP contribution in [0.4, 0.5) is 11.5 Å². The lowest BCUT2D eigenvalue weighted by molar-refractivity contribution is -0.108. The Morgan fingerprint density at radius 1 is 1.67 bits per heavy atom. The molecule has 6 nitrogen and oxygen atoms in total. The van der Waals surface area contributed by atoms with E-state index in [0.29, 0.717) is 18.1 Å². The summed E-state index contributed by atoms with van der Waals surface area (Å²) in [6.07, 6.45) is 4.15. The first kappa shape index (κ1) is 13.0. The van der Waals surface area contributed by atoms with Crippen molar-refractivity contribution in [3.05, 3.63) is 11.5 Å². The Balaban J connectivity index is 2.30. The van der Waals surface area contributed by atoms with Crippen molar-refractivity contribution < 1.29 is 9.53 Å². The molecule has 1 aliphatic heterocycles. The Labute approximate surface area is 110 Å². The molecule has 1 atom stereocenters. The summed E-state index contributed by atoms with van der Waals surface area (Å²) in [5, 5.41) is 3.07. The second kappa shape index (κ2) is 5.97. The van der Waals surface area contributed by atoms with Crippen LogP contribution >= 0.6 is 11.6 Å². The van der Waals surface area contributed by atoms with Crippen molar-refractivity contribution >= 4 is 29.5 Å². The largest absolute Gasteiger partial charge is 0.384 e.